The molecule has 0 atom stereocenters. The van der Waals surface area contributed by atoms with Gasteiger partial charge in [-0.2, -0.15) is 0 Å². The molecule has 0 fully saturated rings. The van der Waals surface area contributed by atoms with Gasteiger partial charge in [0.1, 0.15) is 11.3 Å². The topological polar surface area (TPSA) is 136 Å². The first kappa shape index (κ1) is 12.4. The molecule has 0 unspecified atom stereocenters. The zero-order valence-corrected chi connectivity index (χ0v) is 8.54. The van der Waals surface area contributed by atoms with Gasteiger partial charge in [-0.05, 0) is 12.1 Å². The van der Waals surface area contributed by atoms with Gasteiger partial charge in [0, 0.05) is 0 Å². The SMILES string of the molecule is NC(=O)CNc1cccc(C(=O)O)c1[N+](=O)[O-]. The molecule has 0 aliphatic heterocycles. The van der Waals surface area contributed by atoms with E-state index in [0.717, 1.165) is 6.07 Å². The quantitative estimate of drug-likeness (QED) is 0.495. The zero-order valence-electron chi connectivity index (χ0n) is 8.54. The van der Waals surface area contributed by atoms with Crippen LogP contribution in [0.2, 0.25) is 0 Å². The summed E-state index contributed by atoms with van der Waals surface area (Å²) in [5, 5.41) is 22.0. The van der Waals surface area contributed by atoms with Crippen LogP contribution >= 0.6 is 0 Å². The number of carboxylic acid groups (broad SMARTS) is 1. The van der Waals surface area contributed by atoms with Crippen molar-refractivity contribution in [2.24, 2.45) is 5.73 Å². The number of para-hydroxylation sites is 1. The highest BCUT2D eigenvalue weighted by Gasteiger charge is 2.23. The Labute approximate surface area is 95.2 Å². The van der Waals surface area contributed by atoms with E-state index in [0.29, 0.717) is 0 Å². The number of carboxylic acids is 1. The fourth-order valence-corrected chi connectivity index (χ4v) is 1.24. The third kappa shape index (κ3) is 2.91. The van der Waals surface area contributed by atoms with Crippen LogP contribution in [-0.2, 0) is 4.79 Å². The number of nitrogens with two attached hydrogens (primary N) is 1. The van der Waals surface area contributed by atoms with Gasteiger partial charge >= 0.3 is 11.7 Å². The predicted octanol–water partition coefficient (Wildman–Crippen LogP) is 0.190. The molecule has 4 N–H and O–H groups in total. The summed E-state index contributed by atoms with van der Waals surface area (Å²) in [6.45, 7) is -0.316. The lowest BCUT2D eigenvalue weighted by atomic mass is 10.1. The Morgan fingerprint density at radius 2 is 2.12 bits per heavy atom. The van der Waals surface area contributed by atoms with Gasteiger partial charge in [0.05, 0.1) is 11.5 Å². The van der Waals surface area contributed by atoms with Crippen LogP contribution in [-0.4, -0.2) is 28.5 Å². The number of nitrogens with one attached hydrogen (secondary N) is 1. The third-order valence-corrected chi connectivity index (χ3v) is 1.90. The van der Waals surface area contributed by atoms with Crippen LogP contribution in [0.15, 0.2) is 18.2 Å². The van der Waals surface area contributed by atoms with E-state index in [9.17, 15) is 19.7 Å². The van der Waals surface area contributed by atoms with Crippen molar-refractivity contribution >= 4 is 23.3 Å². The molecule has 8 heteroatoms. The zero-order chi connectivity index (χ0) is 13.0. The number of benzene rings is 1. The van der Waals surface area contributed by atoms with Crippen LogP contribution in [0.1, 0.15) is 10.4 Å². The fourth-order valence-electron chi connectivity index (χ4n) is 1.24. The Morgan fingerprint density at radius 1 is 1.47 bits per heavy atom. The maximum absolute atomic E-state index is 10.8. The van der Waals surface area contributed by atoms with Crippen LogP contribution in [0.4, 0.5) is 11.4 Å². The van der Waals surface area contributed by atoms with Crippen molar-refractivity contribution in [3.8, 4) is 0 Å². The normalized spacial score (nSPS) is 9.65. The van der Waals surface area contributed by atoms with Gasteiger partial charge in [0.25, 0.3) is 0 Å². The molecule has 0 aliphatic rings. The third-order valence-electron chi connectivity index (χ3n) is 1.90. The maximum Gasteiger partial charge on any atom is 0.342 e. The second-order valence-corrected chi connectivity index (χ2v) is 3.08. The van der Waals surface area contributed by atoms with E-state index in [1.807, 2.05) is 0 Å². The molecule has 0 aromatic heterocycles. The van der Waals surface area contributed by atoms with Crippen molar-refractivity contribution in [2.75, 3.05) is 11.9 Å². The summed E-state index contributed by atoms with van der Waals surface area (Å²) < 4.78 is 0. The number of nitrogens with zero attached hydrogens (tertiary/aromatic N) is 1. The van der Waals surface area contributed by atoms with Crippen LogP contribution < -0.4 is 11.1 Å². The average molecular weight is 239 g/mol. The molecule has 0 saturated carbocycles. The lowest BCUT2D eigenvalue weighted by Crippen LogP contribution is -2.22. The number of rotatable bonds is 5. The van der Waals surface area contributed by atoms with Gasteiger partial charge < -0.3 is 16.2 Å². The van der Waals surface area contributed by atoms with E-state index < -0.39 is 28.1 Å². The lowest BCUT2D eigenvalue weighted by Gasteiger charge is -2.06. The Kier molecular flexibility index (Phi) is 3.60. The van der Waals surface area contributed by atoms with Crippen molar-refractivity contribution in [1.82, 2.24) is 0 Å². The van der Waals surface area contributed by atoms with E-state index in [1.54, 1.807) is 0 Å². The monoisotopic (exact) mass is 239 g/mol. The Hall–Kier alpha value is -2.64. The van der Waals surface area contributed by atoms with Crippen molar-refractivity contribution in [2.45, 2.75) is 0 Å². The molecule has 0 aliphatic carbocycles. The standard InChI is InChI=1S/C9H9N3O5/c10-7(13)4-11-6-3-1-2-5(9(14)15)8(6)12(16)17/h1-3,11H,4H2,(H2,10,13)(H,14,15). The highest BCUT2D eigenvalue weighted by Crippen LogP contribution is 2.28. The van der Waals surface area contributed by atoms with Crippen LogP contribution in [0.3, 0.4) is 0 Å². The minimum atomic E-state index is -1.42. The number of amides is 1. The molecular formula is C9H9N3O5. The van der Waals surface area contributed by atoms with Gasteiger partial charge in [-0.25, -0.2) is 4.79 Å². The van der Waals surface area contributed by atoms with Gasteiger partial charge in [-0.3, -0.25) is 14.9 Å². The number of aromatic carboxylic acids is 1. The second-order valence-electron chi connectivity index (χ2n) is 3.08. The van der Waals surface area contributed by atoms with Gasteiger partial charge in [0.2, 0.25) is 5.91 Å². The highest BCUT2D eigenvalue weighted by atomic mass is 16.6. The van der Waals surface area contributed by atoms with Gasteiger partial charge in [-0.1, -0.05) is 6.07 Å². The molecule has 17 heavy (non-hydrogen) atoms. The number of carbonyl (C=O) groups excluding carboxylic acids is 1. The average Bonchev–Trinajstić information content (AvgIpc) is 2.25. The predicted molar refractivity (Wildman–Crippen MR) is 57.7 cm³/mol. The molecule has 0 spiro atoms. The van der Waals surface area contributed by atoms with Crippen molar-refractivity contribution in [3.63, 3.8) is 0 Å². The number of anilines is 1. The van der Waals surface area contributed by atoms with Gasteiger partial charge in [0.15, 0.2) is 0 Å². The molecule has 1 amide bonds. The van der Waals surface area contributed by atoms with Crippen LogP contribution in [0.25, 0.3) is 0 Å². The lowest BCUT2D eigenvalue weighted by molar-refractivity contribution is -0.384. The Bertz CT molecular complexity index is 486. The largest absolute Gasteiger partial charge is 0.477 e. The summed E-state index contributed by atoms with van der Waals surface area (Å²) in [4.78, 5) is 31.3. The highest BCUT2D eigenvalue weighted by molar-refractivity contribution is 5.95. The van der Waals surface area contributed by atoms with Gasteiger partial charge in [-0.15, -0.1) is 0 Å². The Morgan fingerprint density at radius 3 is 2.59 bits per heavy atom. The van der Waals surface area contributed by atoms with Crippen molar-refractivity contribution in [1.29, 1.82) is 0 Å². The number of nitro groups is 1. The van der Waals surface area contributed by atoms with E-state index in [-0.39, 0.29) is 12.2 Å². The smallest absolute Gasteiger partial charge is 0.342 e. The summed E-state index contributed by atoms with van der Waals surface area (Å²) in [6, 6.07) is 3.74. The summed E-state index contributed by atoms with van der Waals surface area (Å²) >= 11 is 0. The first-order valence-corrected chi connectivity index (χ1v) is 4.46. The number of nitro benzene ring substituents is 1. The second kappa shape index (κ2) is 4.92. The van der Waals surface area contributed by atoms with E-state index in [2.05, 4.69) is 5.32 Å². The number of primary amides is 1. The molecule has 1 rings (SSSR count). The fraction of sp³-hybridized carbons (Fsp3) is 0.111. The van der Waals surface area contributed by atoms with E-state index in [4.69, 9.17) is 10.8 Å². The molecule has 0 heterocycles. The number of carbonyl (C=O) groups is 2. The summed E-state index contributed by atoms with van der Waals surface area (Å²) in [7, 11) is 0. The molecular weight excluding hydrogens is 230 g/mol. The van der Waals surface area contributed by atoms with E-state index in [1.165, 1.54) is 12.1 Å². The molecule has 0 saturated heterocycles. The molecule has 8 nitrogen and oxygen atoms in total. The minimum absolute atomic E-state index is 0.0614. The summed E-state index contributed by atoms with van der Waals surface area (Å²) in [5.74, 6) is -2.13. The van der Waals surface area contributed by atoms with Crippen LogP contribution in [0, 0.1) is 10.1 Å². The van der Waals surface area contributed by atoms with Crippen molar-refractivity contribution in [3.05, 3.63) is 33.9 Å². The molecule has 0 radical (unpaired) electrons. The number of hydrogen-bond donors (Lipinski definition) is 3. The molecule has 1 aromatic carbocycles. The molecule has 90 valence electrons. The summed E-state index contributed by atoms with van der Waals surface area (Å²) in [6.07, 6.45) is 0. The van der Waals surface area contributed by atoms with Crippen LogP contribution in [0.5, 0.6) is 0 Å². The van der Waals surface area contributed by atoms with E-state index >= 15 is 0 Å². The number of hydrogen-bond acceptors (Lipinski definition) is 5. The maximum atomic E-state index is 10.8. The first-order chi connectivity index (χ1) is 7.93. The van der Waals surface area contributed by atoms with Crippen molar-refractivity contribution < 1.29 is 19.6 Å². The minimum Gasteiger partial charge on any atom is -0.477 e. The molecule has 0 bridgehead atoms. The molecule has 1 aromatic rings. The Balaban J connectivity index is 3.20. The summed E-state index contributed by atoms with van der Waals surface area (Å²) in [5.41, 5.74) is 3.77. The first-order valence-electron chi connectivity index (χ1n) is 4.46.